The van der Waals surface area contributed by atoms with Crippen molar-refractivity contribution in [1.29, 1.82) is 0 Å². The predicted octanol–water partition coefficient (Wildman–Crippen LogP) is 4.29. The third-order valence-corrected chi connectivity index (χ3v) is 3.43. The Morgan fingerprint density at radius 3 is 2.18 bits per heavy atom. The SMILES string of the molecule is CCCCCCCCOC(=O)C(=O)OCc1ccc(Cl)cc1. The van der Waals surface area contributed by atoms with Gasteiger partial charge in [0.05, 0.1) is 6.61 Å². The number of hydrogen-bond donors (Lipinski definition) is 0. The molecule has 0 spiro atoms. The number of carbonyl (C=O) groups is 2. The number of ether oxygens (including phenoxy) is 2. The van der Waals surface area contributed by atoms with Gasteiger partial charge in [0.15, 0.2) is 0 Å². The summed E-state index contributed by atoms with van der Waals surface area (Å²) < 4.78 is 9.77. The summed E-state index contributed by atoms with van der Waals surface area (Å²) in [5.41, 5.74) is 0.765. The van der Waals surface area contributed by atoms with Crippen LogP contribution in [-0.2, 0) is 25.7 Å². The lowest BCUT2D eigenvalue weighted by Crippen LogP contribution is -2.20. The van der Waals surface area contributed by atoms with Crippen LogP contribution in [0.4, 0.5) is 0 Å². The van der Waals surface area contributed by atoms with E-state index in [1.165, 1.54) is 19.3 Å². The fraction of sp³-hybridized carbons (Fsp3) is 0.529. The summed E-state index contributed by atoms with van der Waals surface area (Å²) in [6.07, 6.45) is 6.55. The van der Waals surface area contributed by atoms with Crippen molar-refractivity contribution >= 4 is 23.5 Å². The van der Waals surface area contributed by atoms with Crippen molar-refractivity contribution in [2.75, 3.05) is 6.61 Å². The second-order valence-corrected chi connectivity index (χ2v) is 5.54. The van der Waals surface area contributed by atoms with E-state index in [0.29, 0.717) is 5.02 Å². The van der Waals surface area contributed by atoms with Crippen LogP contribution in [0.2, 0.25) is 5.02 Å². The third kappa shape index (κ3) is 8.03. The van der Waals surface area contributed by atoms with Crippen LogP contribution in [0.25, 0.3) is 0 Å². The molecule has 1 rings (SSSR count). The number of benzene rings is 1. The zero-order chi connectivity index (χ0) is 16.2. The lowest BCUT2D eigenvalue weighted by atomic mass is 10.1. The monoisotopic (exact) mass is 326 g/mol. The van der Waals surface area contributed by atoms with Crippen LogP contribution in [0.15, 0.2) is 24.3 Å². The molecule has 0 aliphatic heterocycles. The molecule has 0 atom stereocenters. The van der Waals surface area contributed by atoms with E-state index in [1.807, 2.05) is 0 Å². The molecule has 0 aliphatic rings. The van der Waals surface area contributed by atoms with E-state index in [-0.39, 0.29) is 13.2 Å². The molecule has 0 saturated carbocycles. The molecule has 4 nitrogen and oxygen atoms in total. The summed E-state index contributed by atoms with van der Waals surface area (Å²) >= 11 is 5.75. The van der Waals surface area contributed by atoms with Crippen LogP contribution in [0.3, 0.4) is 0 Å². The Labute approximate surface area is 136 Å². The van der Waals surface area contributed by atoms with Gasteiger partial charge >= 0.3 is 11.9 Å². The quantitative estimate of drug-likeness (QED) is 0.386. The third-order valence-electron chi connectivity index (χ3n) is 3.18. The van der Waals surface area contributed by atoms with E-state index >= 15 is 0 Å². The molecule has 0 fully saturated rings. The van der Waals surface area contributed by atoms with Crippen molar-refractivity contribution in [2.24, 2.45) is 0 Å². The van der Waals surface area contributed by atoms with E-state index in [4.69, 9.17) is 21.1 Å². The maximum atomic E-state index is 11.5. The average molecular weight is 327 g/mol. The molecule has 0 amide bonds. The van der Waals surface area contributed by atoms with Crippen LogP contribution < -0.4 is 0 Å². The summed E-state index contributed by atoms with van der Waals surface area (Å²) in [6.45, 7) is 2.46. The van der Waals surface area contributed by atoms with Crippen molar-refractivity contribution in [3.05, 3.63) is 34.9 Å². The molecule has 0 radical (unpaired) electrons. The van der Waals surface area contributed by atoms with Crippen molar-refractivity contribution in [3.8, 4) is 0 Å². The first-order valence-electron chi connectivity index (χ1n) is 7.71. The molecule has 1 aromatic rings. The van der Waals surface area contributed by atoms with Crippen LogP contribution in [0, 0.1) is 0 Å². The highest BCUT2D eigenvalue weighted by Gasteiger charge is 2.17. The first kappa shape index (κ1) is 18.5. The van der Waals surface area contributed by atoms with E-state index in [1.54, 1.807) is 24.3 Å². The summed E-state index contributed by atoms with van der Waals surface area (Å²) in [5.74, 6) is -1.89. The van der Waals surface area contributed by atoms with Crippen LogP contribution in [0.5, 0.6) is 0 Å². The zero-order valence-electron chi connectivity index (χ0n) is 13.0. The maximum Gasteiger partial charge on any atom is 0.417 e. The average Bonchev–Trinajstić information content (AvgIpc) is 2.53. The first-order valence-corrected chi connectivity index (χ1v) is 8.09. The van der Waals surface area contributed by atoms with Gasteiger partial charge in [0.2, 0.25) is 0 Å². The molecule has 122 valence electrons. The van der Waals surface area contributed by atoms with Gasteiger partial charge in [-0.05, 0) is 24.1 Å². The summed E-state index contributed by atoms with van der Waals surface area (Å²) in [5, 5.41) is 0.605. The van der Waals surface area contributed by atoms with Gasteiger partial charge in [-0.2, -0.15) is 0 Å². The van der Waals surface area contributed by atoms with Gasteiger partial charge in [0.25, 0.3) is 0 Å². The highest BCUT2D eigenvalue weighted by molar-refractivity contribution is 6.30. The molecular weight excluding hydrogens is 304 g/mol. The molecule has 0 saturated heterocycles. The van der Waals surface area contributed by atoms with Gasteiger partial charge in [-0.25, -0.2) is 9.59 Å². The Morgan fingerprint density at radius 1 is 0.909 bits per heavy atom. The van der Waals surface area contributed by atoms with Gasteiger partial charge in [-0.1, -0.05) is 62.8 Å². The second-order valence-electron chi connectivity index (χ2n) is 5.11. The van der Waals surface area contributed by atoms with Gasteiger partial charge in [0.1, 0.15) is 6.61 Å². The Bertz CT molecular complexity index is 456. The Hall–Kier alpha value is -1.55. The minimum atomic E-state index is -0.957. The number of esters is 2. The molecule has 0 bridgehead atoms. The maximum absolute atomic E-state index is 11.5. The van der Waals surface area contributed by atoms with E-state index in [2.05, 4.69) is 6.92 Å². The van der Waals surface area contributed by atoms with Crippen molar-refractivity contribution in [1.82, 2.24) is 0 Å². The predicted molar refractivity (Wildman–Crippen MR) is 85.6 cm³/mol. The highest BCUT2D eigenvalue weighted by Crippen LogP contribution is 2.10. The number of halogens is 1. The Balaban J connectivity index is 2.11. The lowest BCUT2D eigenvalue weighted by Gasteiger charge is -2.06. The molecule has 22 heavy (non-hydrogen) atoms. The number of carbonyl (C=O) groups excluding carboxylic acids is 2. The van der Waals surface area contributed by atoms with Crippen LogP contribution in [0.1, 0.15) is 51.0 Å². The minimum Gasteiger partial charge on any atom is -0.457 e. The number of rotatable bonds is 9. The molecule has 0 aliphatic carbocycles. The largest absolute Gasteiger partial charge is 0.457 e. The van der Waals surface area contributed by atoms with Crippen molar-refractivity contribution in [2.45, 2.75) is 52.1 Å². The topological polar surface area (TPSA) is 52.6 Å². The normalized spacial score (nSPS) is 10.3. The van der Waals surface area contributed by atoms with Gasteiger partial charge in [-0.15, -0.1) is 0 Å². The highest BCUT2D eigenvalue weighted by atomic mass is 35.5. The second kappa shape index (κ2) is 11.1. The van der Waals surface area contributed by atoms with Gasteiger partial charge in [-0.3, -0.25) is 0 Å². The molecule has 0 heterocycles. The van der Waals surface area contributed by atoms with Crippen molar-refractivity contribution in [3.63, 3.8) is 0 Å². The van der Waals surface area contributed by atoms with Gasteiger partial charge < -0.3 is 9.47 Å². The fourth-order valence-corrected chi connectivity index (χ4v) is 2.02. The smallest absolute Gasteiger partial charge is 0.417 e. The Kier molecular flexibility index (Phi) is 9.31. The number of unbranched alkanes of at least 4 members (excludes halogenated alkanes) is 5. The molecule has 0 N–H and O–H groups in total. The molecule has 0 unspecified atom stereocenters. The Morgan fingerprint density at radius 2 is 1.50 bits per heavy atom. The molecule has 1 aromatic carbocycles. The first-order chi connectivity index (χ1) is 10.6. The summed E-state index contributed by atoms with van der Waals surface area (Å²) in [7, 11) is 0. The van der Waals surface area contributed by atoms with Crippen LogP contribution in [-0.4, -0.2) is 18.5 Å². The molecular formula is C17H23ClO4. The minimum absolute atomic E-state index is 0.0299. The molecule has 0 aromatic heterocycles. The van der Waals surface area contributed by atoms with Crippen molar-refractivity contribution < 1.29 is 19.1 Å². The van der Waals surface area contributed by atoms with E-state index in [9.17, 15) is 9.59 Å². The summed E-state index contributed by atoms with van der Waals surface area (Å²) in [4.78, 5) is 22.9. The number of hydrogen-bond acceptors (Lipinski definition) is 4. The van der Waals surface area contributed by atoms with Gasteiger partial charge in [0, 0.05) is 5.02 Å². The zero-order valence-corrected chi connectivity index (χ0v) is 13.7. The standard InChI is InChI=1S/C17H23ClO4/c1-2-3-4-5-6-7-12-21-16(19)17(20)22-13-14-8-10-15(18)11-9-14/h8-11H,2-7,12-13H2,1H3. The summed E-state index contributed by atoms with van der Waals surface area (Å²) in [6, 6.07) is 6.86. The fourth-order valence-electron chi connectivity index (χ4n) is 1.89. The lowest BCUT2D eigenvalue weighted by molar-refractivity contribution is -0.168. The molecule has 5 heteroatoms. The van der Waals surface area contributed by atoms with Crippen LogP contribution >= 0.6 is 11.6 Å². The van der Waals surface area contributed by atoms with E-state index < -0.39 is 11.9 Å². The van der Waals surface area contributed by atoms with E-state index in [0.717, 1.165) is 24.8 Å².